The smallest absolute Gasteiger partial charge is 0.115 e. The van der Waals surface area contributed by atoms with E-state index in [1.807, 2.05) is 0 Å². The lowest BCUT2D eigenvalue weighted by Crippen LogP contribution is -2.20. The topological polar surface area (TPSA) is 60.7 Å². The van der Waals surface area contributed by atoms with Gasteiger partial charge in [-0.2, -0.15) is 0 Å². The number of benzene rings is 1. The Balaban J connectivity index is 2.99. The summed E-state index contributed by atoms with van der Waals surface area (Å²) in [6.45, 7) is 1.79. The predicted octanol–water partition coefficient (Wildman–Crippen LogP) is 1.33. The minimum atomic E-state index is -1.06. The van der Waals surface area contributed by atoms with Crippen molar-refractivity contribution in [3.8, 4) is 5.75 Å². The molecule has 0 heterocycles. The second-order valence-electron chi connectivity index (χ2n) is 3.21. The molecule has 1 aromatic rings. The fourth-order valence-electron chi connectivity index (χ4n) is 1.24. The van der Waals surface area contributed by atoms with Gasteiger partial charge in [-0.25, -0.2) is 0 Å². The Hall–Kier alpha value is -0.770. The number of aryl methyl sites for hydroxylation is 1. The Bertz CT molecular complexity index is 314. The lowest BCUT2D eigenvalue weighted by molar-refractivity contribution is 0.0322. The molecular weight excluding hydrogens is 204 g/mol. The highest BCUT2D eigenvalue weighted by atomic mass is 35.5. The van der Waals surface area contributed by atoms with Gasteiger partial charge in [0.15, 0.2) is 0 Å². The summed E-state index contributed by atoms with van der Waals surface area (Å²) in [5.41, 5.74) is 1.30. The molecule has 0 amide bonds. The maximum atomic E-state index is 9.65. The summed E-state index contributed by atoms with van der Waals surface area (Å²) in [6.07, 6.45) is -2.07. The van der Waals surface area contributed by atoms with Gasteiger partial charge >= 0.3 is 0 Å². The van der Waals surface area contributed by atoms with Gasteiger partial charge in [0, 0.05) is 0 Å². The molecule has 2 unspecified atom stereocenters. The number of hydrogen-bond acceptors (Lipinski definition) is 3. The number of alkyl halides is 1. The molecule has 2 atom stereocenters. The van der Waals surface area contributed by atoms with E-state index in [9.17, 15) is 15.3 Å². The summed E-state index contributed by atoms with van der Waals surface area (Å²) in [5, 5.41) is 28.2. The molecule has 0 saturated carbocycles. The van der Waals surface area contributed by atoms with Crippen molar-refractivity contribution in [1.29, 1.82) is 0 Å². The Morgan fingerprint density at radius 2 is 2.00 bits per heavy atom. The maximum absolute atomic E-state index is 9.65. The van der Waals surface area contributed by atoms with Crippen LogP contribution in [0.4, 0.5) is 0 Å². The molecule has 0 aliphatic rings. The van der Waals surface area contributed by atoms with Gasteiger partial charge in [-0.1, -0.05) is 6.07 Å². The van der Waals surface area contributed by atoms with E-state index in [0.717, 1.165) is 5.56 Å². The molecule has 0 saturated heterocycles. The number of aromatic hydroxyl groups is 1. The Morgan fingerprint density at radius 3 is 2.57 bits per heavy atom. The first-order valence-corrected chi connectivity index (χ1v) is 4.81. The number of aliphatic hydroxyl groups is 2. The van der Waals surface area contributed by atoms with Crippen LogP contribution in [0.25, 0.3) is 0 Å². The zero-order chi connectivity index (χ0) is 10.7. The van der Waals surface area contributed by atoms with Crippen molar-refractivity contribution in [3.63, 3.8) is 0 Å². The van der Waals surface area contributed by atoms with Crippen LogP contribution in [0.3, 0.4) is 0 Å². The van der Waals surface area contributed by atoms with E-state index in [2.05, 4.69) is 0 Å². The fourth-order valence-corrected chi connectivity index (χ4v) is 1.41. The molecule has 0 fully saturated rings. The molecule has 3 N–H and O–H groups in total. The van der Waals surface area contributed by atoms with Crippen LogP contribution in [-0.4, -0.2) is 27.3 Å². The Labute approximate surface area is 87.6 Å². The fraction of sp³-hybridized carbons (Fsp3) is 0.400. The molecule has 0 aromatic heterocycles. The molecule has 0 spiro atoms. The minimum absolute atomic E-state index is 0.0454. The van der Waals surface area contributed by atoms with Crippen molar-refractivity contribution >= 4 is 11.6 Å². The quantitative estimate of drug-likeness (QED) is 0.669. The van der Waals surface area contributed by atoms with Crippen LogP contribution >= 0.6 is 11.6 Å². The van der Waals surface area contributed by atoms with Crippen molar-refractivity contribution in [2.45, 2.75) is 19.1 Å². The van der Waals surface area contributed by atoms with Crippen LogP contribution in [0.15, 0.2) is 18.2 Å². The highest BCUT2D eigenvalue weighted by Gasteiger charge is 2.19. The molecule has 14 heavy (non-hydrogen) atoms. The van der Waals surface area contributed by atoms with E-state index < -0.39 is 12.2 Å². The lowest BCUT2D eigenvalue weighted by Gasteiger charge is -2.17. The number of halogens is 1. The summed E-state index contributed by atoms with van der Waals surface area (Å²) in [5.74, 6) is 0.0161. The minimum Gasteiger partial charge on any atom is -0.508 e. The van der Waals surface area contributed by atoms with Gasteiger partial charge in [0.05, 0.1) is 12.0 Å². The van der Waals surface area contributed by atoms with E-state index in [0.29, 0.717) is 5.56 Å². The average Bonchev–Trinajstić information content (AvgIpc) is 2.19. The normalized spacial score (nSPS) is 15.1. The largest absolute Gasteiger partial charge is 0.508 e. The molecule has 0 radical (unpaired) electrons. The van der Waals surface area contributed by atoms with Gasteiger partial charge in [-0.05, 0) is 30.2 Å². The molecule has 0 aliphatic carbocycles. The highest BCUT2D eigenvalue weighted by Crippen LogP contribution is 2.25. The van der Waals surface area contributed by atoms with E-state index in [4.69, 9.17) is 11.6 Å². The predicted molar refractivity (Wildman–Crippen MR) is 54.5 cm³/mol. The standard InChI is InChI=1S/C10H13ClO3/c1-6-2-3-7(12)4-8(6)10(14)9(13)5-11/h2-4,9-10,12-14H,5H2,1H3. The zero-order valence-electron chi connectivity index (χ0n) is 7.81. The first-order chi connectivity index (χ1) is 6.56. The van der Waals surface area contributed by atoms with Crippen molar-refractivity contribution < 1.29 is 15.3 Å². The van der Waals surface area contributed by atoms with Crippen LogP contribution in [-0.2, 0) is 0 Å². The van der Waals surface area contributed by atoms with E-state index in [1.54, 1.807) is 13.0 Å². The SMILES string of the molecule is Cc1ccc(O)cc1C(O)C(O)CCl. The molecule has 3 nitrogen and oxygen atoms in total. The second-order valence-corrected chi connectivity index (χ2v) is 3.52. The van der Waals surface area contributed by atoms with Crippen molar-refractivity contribution in [3.05, 3.63) is 29.3 Å². The molecule has 0 bridgehead atoms. The zero-order valence-corrected chi connectivity index (χ0v) is 8.57. The summed E-state index contributed by atoms with van der Waals surface area (Å²) >= 11 is 5.42. The van der Waals surface area contributed by atoms with E-state index in [1.165, 1.54) is 12.1 Å². The lowest BCUT2D eigenvalue weighted by atomic mass is 10.00. The summed E-state index contributed by atoms with van der Waals surface area (Å²) in [4.78, 5) is 0. The molecule has 1 aromatic carbocycles. The van der Waals surface area contributed by atoms with Gasteiger partial charge in [0.2, 0.25) is 0 Å². The maximum Gasteiger partial charge on any atom is 0.115 e. The van der Waals surface area contributed by atoms with Crippen molar-refractivity contribution in [1.82, 2.24) is 0 Å². The van der Waals surface area contributed by atoms with Gasteiger partial charge in [-0.3, -0.25) is 0 Å². The highest BCUT2D eigenvalue weighted by molar-refractivity contribution is 6.18. The monoisotopic (exact) mass is 216 g/mol. The van der Waals surface area contributed by atoms with Crippen LogP contribution in [0.2, 0.25) is 0 Å². The third-order valence-electron chi connectivity index (χ3n) is 2.10. The van der Waals surface area contributed by atoms with Crippen molar-refractivity contribution in [2.24, 2.45) is 0 Å². The van der Waals surface area contributed by atoms with Crippen LogP contribution in [0, 0.1) is 6.92 Å². The van der Waals surface area contributed by atoms with Crippen LogP contribution < -0.4 is 0 Å². The molecule has 1 rings (SSSR count). The van der Waals surface area contributed by atoms with Gasteiger partial charge in [-0.15, -0.1) is 11.6 Å². The van der Waals surface area contributed by atoms with Crippen LogP contribution in [0.1, 0.15) is 17.2 Å². The van der Waals surface area contributed by atoms with Crippen LogP contribution in [0.5, 0.6) is 5.75 Å². The third kappa shape index (κ3) is 2.38. The van der Waals surface area contributed by atoms with Gasteiger partial charge in [0.1, 0.15) is 11.9 Å². The Morgan fingerprint density at radius 1 is 1.36 bits per heavy atom. The number of phenolic OH excluding ortho intramolecular Hbond substituents is 1. The van der Waals surface area contributed by atoms with Crippen molar-refractivity contribution in [2.75, 3.05) is 5.88 Å². The summed E-state index contributed by atoms with van der Waals surface area (Å²) in [7, 11) is 0. The summed E-state index contributed by atoms with van der Waals surface area (Å²) in [6, 6.07) is 4.63. The number of hydrogen-bond donors (Lipinski definition) is 3. The van der Waals surface area contributed by atoms with E-state index in [-0.39, 0.29) is 11.6 Å². The second kappa shape index (κ2) is 4.64. The molecular formula is C10H13ClO3. The van der Waals surface area contributed by atoms with Gasteiger partial charge in [0.25, 0.3) is 0 Å². The third-order valence-corrected chi connectivity index (χ3v) is 2.42. The van der Waals surface area contributed by atoms with Gasteiger partial charge < -0.3 is 15.3 Å². The first-order valence-electron chi connectivity index (χ1n) is 4.28. The molecule has 0 aliphatic heterocycles. The van der Waals surface area contributed by atoms with E-state index >= 15 is 0 Å². The number of phenols is 1. The first kappa shape index (κ1) is 11.3. The Kier molecular flexibility index (Phi) is 3.75. The number of rotatable bonds is 3. The molecule has 4 heteroatoms. The molecule has 78 valence electrons. The summed E-state index contributed by atoms with van der Waals surface area (Å²) < 4.78 is 0. The number of aliphatic hydroxyl groups excluding tert-OH is 2. The average molecular weight is 217 g/mol.